The first kappa shape index (κ1) is 19.0. The van der Waals surface area contributed by atoms with Crippen molar-refractivity contribution in [2.75, 3.05) is 0 Å². The maximum atomic E-state index is 13.8. The SMILES string of the molecule is Cc1c(-c2ccc(Cl)cc2)c(C(=O)O)n(Cc2cnn(C)c2)c1C(F)(F)F. The summed E-state index contributed by atoms with van der Waals surface area (Å²) in [6.45, 7) is 1.01. The molecule has 27 heavy (non-hydrogen) atoms. The van der Waals surface area contributed by atoms with E-state index in [1.807, 2.05) is 0 Å². The number of benzene rings is 1. The minimum atomic E-state index is -4.72. The van der Waals surface area contributed by atoms with Crippen LogP contribution in [0, 0.1) is 6.92 Å². The molecule has 1 N–H and O–H groups in total. The Balaban J connectivity index is 2.31. The Bertz CT molecular complexity index is 1000. The molecular weight excluding hydrogens is 383 g/mol. The second-order valence-corrected chi connectivity index (χ2v) is 6.55. The Hall–Kier alpha value is -2.74. The molecule has 3 aromatic rings. The molecule has 0 bridgehead atoms. The van der Waals surface area contributed by atoms with E-state index in [1.165, 1.54) is 42.1 Å². The van der Waals surface area contributed by atoms with Gasteiger partial charge in [0, 0.05) is 29.4 Å². The Kier molecular flexibility index (Phi) is 4.77. The molecule has 2 heterocycles. The topological polar surface area (TPSA) is 60.0 Å². The first-order chi connectivity index (χ1) is 12.6. The zero-order valence-electron chi connectivity index (χ0n) is 14.4. The molecule has 0 fully saturated rings. The minimum absolute atomic E-state index is 0.0235. The van der Waals surface area contributed by atoms with Crippen molar-refractivity contribution >= 4 is 17.6 Å². The van der Waals surface area contributed by atoms with Crippen molar-refractivity contribution < 1.29 is 23.1 Å². The van der Waals surface area contributed by atoms with E-state index < -0.39 is 23.5 Å². The van der Waals surface area contributed by atoms with E-state index in [9.17, 15) is 23.1 Å². The number of aryl methyl sites for hydroxylation is 1. The van der Waals surface area contributed by atoms with Crippen molar-refractivity contribution in [2.24, 2.45) is 7.05 Å². The van der Waals surface area contributed by atoms with Crippen LogP contribution in [0.5, 0.6) is 0 Å². The molecule has 0 aliphatic rings. The lowest BCUT2D eigenvalue weighted by atomic mass is 10.0. The molecule has 0 amide bonds. The molecule has 0 unspecified atom stereocenters. The summed E-state index contributed by atoms with van der Waals surface area (Å²) in [6, 6.07) is 6.03. The van der Waals surface area contributed by atoms with Crippen LogP contribution in [0.25, 0.3) is 11.1 Å². The van der Waals surface area contributed by atoms with E-state index in [1.54, 1.807) is 13.2 Å². The molecule has 5 nitrogen and oxygen atoms in total. The third kappa shape index (κ3) is 3.57. The highest BCUT2D eigenvalue weighted by Crippen LogP contribution is 2.41. The van der Waals surface area contributed by atoms with Crippen LogP contribution in [0.3, 0.4) is 0 Å². The first-order valence-electron chi connectivity index (χ1n) is 7.86. The van der Waals surface area contributed by atoms with Gasteiger partial charge in [-0.05, 0) is 30.2 Å². The van der Waals surface area contributed by atoms with E-state index in [2.05, 4.69) is 5.10 Å². The second kappa shape index (κ2) is 6.77. The molecule has 0 aliphatic carbocycles. The summed E-state index contributed by atoms with van der Waals surface area (Å²) in [5.41, 5.74) is -0.728. The number of aromatic carboxylic acids is 1. The molecule has 142 valence electrons. The van der Waals surface area contributed by atoms with Gasteiger partial charge in [0.15, 0.2) is 0 Å². The number of hydrogen-bond donors (Lipinski definition) is 1. The van der Waals surface area contributed by atoms with Crippen LogP contribution in [0.15, 0.2) is 36.7 Å². The van der Waals surface area contributed by atoms with Crippen LogP contribution < -0.4 is 0 Å². The quantitative estimate of drug-likeness (QED) is 0.699. The van der Waals surface area contributed by atoms with Gasteiger partial charge in [-0.15, -0.1) is 0 Å². The van der Waals surface area contributed by atoms with E-state index in [0.29, 0.717) is 16.1 Å². The maximum Gasteiger partial charge on any atom is 0.431 e. The third-order valence-corrected chi connectivity index (χ3v) is 4.46. The normalized spacial score (nSPS) is 11.8. The average molecular weight is 398 g/mol. The zero-order valence-corrected chi connectivity index (χ0v) is 15.1. The molecule has 0 aliphatic heterocycles. The highest BCUT2D eigenvalue weighted by atomic mass is 35.5. The predicted octanol–water partition coefficient (Wildman–Crippen LogP) is 4.62. The summed E-state index contributed by atoms with van der Waals surface area (Å²) < 4.78 is 43.6. The number of rotatable bonds is 4. The summed E-state index contributed by atoms with van der Waals surface area (Å²) >= 11 is 5.85. The number of alkyl halides is 3. The van der Waals surface area contributed by atoms with E-state index >= 15 is 0 Å². The number of carboxylic acid groups (broad SMARTS) is 1. The highest BCUT2D eigenvalue weighted by molar-refractivity contribution is 6.30. The fraction of sp³-hybridized carbons (Fsp3) is 0.222. The smallest absolute Gasteiger partial charge is 0.431 e. The number of aromatic nitrogens is 3. The van der Waals surface area contributed by atoms with Gasteiger partial charge in [-0.2, -0.15) is 18.3 Å². The molecule has 1 aromatic carbocycles. The summed E-state index contributed by atoms with van der Waals surface area (Å²) in [5.74, 6) is -1.44. The molecule has 0 saturated heterocycles. The molecule has 3 rings (SSSR count). The van der Waals surface area contributed by atoms with Crippen molar-refractivity contribution in [3.05, 3.63) is 64.2 Å². The lowest BCUT2D eigenvalue weighted by molar-refractivity contribution is -0.143. The van der Waals surface area contributed by atoms with Crippen molar-refractivity contribution in [3.8, 4) is 11.1 Å². The number of hydrogen-bond acceptors (Lipinski definition) is 2. The molecule has 0 atom stereocenters. The van der Waals surface area contributed by atoms with E-state index in [0.717, 1.165) is 4.57 Å². The van der Waals surface area contributed by atoms with Crippen molar-refractivity contribution in [3.63, 3.8) is 0 Å². The monoisotopic (exact) mass is 397 g/mol. The maximum absolute atomic E-state index is 13.8. The molecule has 0 saturated carbocycles. The second-order valence-electron chi connectivity index (χ2n) is 6.12. The Labute approximate surface area is 157 Å². The molecule has 9 heteroatoms. The Morgan fingerprint density at radius 3 is 2.37 bits per heavy atom. The van der Waals surface area contributed by atoms with Crippen molar-refractivity contribution in [2.45, 2.75) is 19.6 Å². The van der Waals surface area contributed by atoms with Gasteiger partial charge in [0.25, 0.3) is 0 Å². The van der Waals surface area contributed by atoms with Crippen LogP contribution in [0.1, 0.15) is 27.3 Å². The molecule has 0 spiro atoms. The fourth-order valence-corrected chi connectivity index (χ4v) is 3.32. The number of carbonyl (C=O) groups is 1. The number of nitrogens with zero attached hydrogens (tertiary/aromatic N) is 3. The Morgan fingerprint density at radius 1 is 1.26 bits per heavy atom. The van der Waals surface area contributed by atoms with Crippen molar-refractivity contribution in [1.29, 1.82) is 0 Å². The standard InChI is InChI=1S/C18H15ClF3N3O2/c1-10-14(12-3-5-13(19)6-4-12)15(17(26)27)25(16(10)18(20,21)22)9-11-7-23-24(2)8-11/h3-8H,9H2,1-2H3,(H,26,27). The predicted molar refractivity (Wildman–Crippen MR) is 93.9 cm³/mol. The van der Waals surface area contributed by atoms with Crippen LogP contribution in [-0.4, -0.2) is 25.4 Å². The third-order valence-electron chi connectivity index (χ3n) is 4.21. The summed E-state index contributed by atoms with van der Waals surface area (Å²) in [5, 5.41) is 14.1. The Morgan fingerprint density at radius 2 is 1.89 bits per heavy atom. The van der Waals surface area contributed by atoms with E-state index in [4.69, 9.17) is 11.6 Å². The van der Waals surface area contributed by atoms with Gasteiger partial charge in [0.05, 0.1) is 12.7 Å². The van der Waals surface area contributed by atoms with Crippen LogP contribution in [0.4, 0.5) is 13.2 Å². The molecule has 0 radical (unpaired) electrons. The first-order valence-corrected chi connectivity index (χ1v) is 8.24. The average Bonchev–Trinajstić information content (AvgIpc) is 3.09. The molecular formula is C18H15ClF3N3O2. The summed E-state index contributed by atoms with van der Waals surface area (Å²) in [7, 11) is 1.63. The van der Waals surface area contributed by atoms with Gasteiger partial charge in [0.2, 0.25) is 0 Å². The van der Waals surface area contributed by atoms with Gasteiger partial charge < -0.3 is 9.67 Å². The van der Waals surface area contributed by atoms with Gasteiger partial charge >= 0.3 is 12.1 Å². The van der Waals surface area contributed by atoms with Crippen LogP contribution >= 0.6 is 11.6 Å². The van der Waals surface area contributed by atoms with Gasteiger partial charge in [0.1, 0.15) is 11.4 Å². The zero-order chi connectivity index (χ0) is 19.9. The lowest BCUT2D eigenvalue weighted by Gasteiger charge is -2.14. The van der Waals surface area contributed by atoms with E-state index in [-0.39, 0.29) is 17.7 Å². The highest BCUT2D eigenvalue weighted by Gasteiger charge is 2.41. The number of carboxylic acids is 1. The van der Waals surface area contributed by atoms with Crippen LogP contribution in [0.2, 0.25) is 5.02 Å². The number of halogens is 4. The largest absolute Gasteiger partial charge is 0.477 e. The summed E-state index contributed by atoms with van der Waals surface area (Å²) in [6.07, 6.45) is -1.77. The van der Waals surface area contributed by atoms with Crippen molar-refractivity contribution in [1.82, 2.24) is 14.3 Å². The molecule has 2 aromatic heterocycles. The minimum Gasteiger partial charge on any atom is -0.477 e. The van der Waals surface area contributed by atoms with Crippen LogP contribution in [-0.2, 0) is 19.8 Å². The summed E-state index contributed by atoms with van der Waals surface area (Å²) in [4.78, 5) is 11.9. The fourth-order valence-electron chi connectivity index (χ4n) is 3.20. The van der Waals surface area contributed by atoms with Gasteiger partial charge in [-0.1, -0.05) is 23.7 Å². The van der Waals surface area contributed by atoms with Gasteiger partial charge in [-0.25, -0.2) is 4.79 Å². The lowest BCUT2D eigenvalue weighted by Crippen LogP contribution is -2.19. The van der Waals surface area contributed by atoms with Gasteiger partial charge in [-0.3, -0.25) is 4.68 Å².